The van der Waals surface area contributed by atoms with E-state index in [9.17, 15) is 4.39 Å². The second kappa shape index (κ2) is 10.1. The Hall–Kier alpha value is -3.41. The summed E-state index contributed by atoms with van der Waals surface area (Å²) in [7, 11) is 1.79. The summed E-state index contributed by atoms with van der Waals surface area (Å²) >= 11 is 0. The Balaban J connectivity index is 1.29. The summed E-state index contributed by atoms with van der Waals surface area (Å²) in [5.41, 5.74) is 4.20. The van der Waals surface area contributed by atoms with E-state index >= 15 is 0 Å². The minimum atomic E-state index is -0.186. The van der Waals surface area contributed by atoms with Crippen LogP contribution in [0.2, 0.25) is 0 Å². The lowest BCUT2D eigenvalue weighted by Gasteiger charge is -2.34. The standard InChI is InChI=1S/C25H28FN5/c1-27-25(29-18-19-6-4-7-20(16-19)24-10-2-3-13-28-24)30-22-11-14-31(15-12-22)23-9-5-8-21(26)17-23/h2-10,13,16-17,22H,11-12,14-15,18H2,1H3,(H2,27,29,30). The summed E-state index contributed by atoms with van der Waals surface area (Å²) in [5.74, 6) is 0.613. The predicted molar refractivity (Wildman–Crippen MR) is 125 cm³/mol. The maximum atomic E-state index is 13.5. The molecule has 0 atom stereocenters. The highest BCUT2D eigenvalue weighted by Crippen LogP contribution is 2.21. The Kier molecular flexibility index (Phi) is 6.77. The first-order chi connectivity index (χ1) is 15.2. The first-order valence-corrected chi connectivity index (χ1v) is 10.7. The van der Waals surface area contributed by atoms with Crippen molar-refractivity contribution < 1.29 is 4.39 Å². The summed E-state index contributed by atoms with van der Waals surface area (Å²) in [4.78, 5) is 11.1. The van der Waals surface area contributed by atoms with E-state index in [2.05, 4.69) is 49.8 Å². The van der Waals surface area contributed by atoms with Gasteiger partial charge in [0.05, 0.1) is 5.69 Å². The lowest BCUT2D eigenvalue weighted by atomic mass is 10.0. The van der Waals surface area contributed by atoms with Crippen molar-refractivity contribution in [3.63, 3.8) is 0 Å². The van der Waals surface area contributed by atoms with E-state index in [0.29, 0.717) is 12.6 Å². The summed E-state index contributed by atoms with van der Waals surface area (Å²) < 4.78 is 13.5. The van der Waals surface area contributed by atoms with Crippen molar-refractivity contribution in [2.75, 3.05) is 25.0 Å². The van der Waals surface area contributed by atoms with Crippen LogP contribution in [-0.2, 0) is 6.54 Å². The highest BCUT2D eigenvalue weighted by molar-refractivity contribution is 5.80. The molecule has 0 amide bonds. The minimum absolute atomic E-state index is 0.186. The molecule has 1 aromatic heterocycles. The molecule has 0 saturated carbocycles. The Morgan fingerprint density at radius 1 is 1.06 bits per heavy atom. The molecule has 0 bridgehead atoms. The number of aliphatic imine (C=N–C) groups is 1. The van der Waals surface area contributed by atoms with Gasteiger partial charge < -0.3 is 15.5 Å². The average Bonchev–Trinajstić information content (AvgIpc) is 2.83. The molecule has 2 aromatic carbocycles. The second-order valence-corrected chi connectivity index (χ2v) is 7.73. The number of aromatic nitrogens is 1. The Morgan fingerprint density at radius 2 is 1.90 bits per heavy atom. The summed E-state index contributed by atoms with van der Waals surface area (Å²) in [6.07, 6.45) is 3.77. The fourth-order valence-electron chi connectivity index (χ4n) is 3.90. The quantitative estimate of drug-likeness (QED) is 0.482. The van der Waals surface area contributed by atoms with Gasteiger partial charge in [0.15, 0.2) is 5.96 Å². The molecule has 1 aliphatic rings. The molecule has 0 unspecified atom stereocenters. The van der Waals surface area contributed by atoms with Crippen LogP contribution >= 0.6 is 0 Å². The summed E-state index contributed by atoms with van der Waals surface area (Å²) in [6, 6.07) is 21.5. The van der Waals surface area contributed by atoms with E-state index in [1.54, 1.807) is 19.2 Å². The maximum absolute atomic E-state index is 13.5. The zero-order valence-corrected chi connectivity index (χ0v) is 17.8. The van der Waals surface area contributed by atoms with E-state index < -0.39 is 0 Å². The number of nitrogens with one attached hydrogen (secondary N) is 2. The van der Waals surface area contributed by atoms with Gasteiger partial charge in [-0.3, -0.25) is 9.98 Å². The monoisotopic (exact) mass is 417 g/mol. The van der Waals surface area contributed by atoms with E-state index in [0.717, 1.165) is 48.8 Å². The van der Waals surface area contributed by atoms with Gasteiger partial charge in [-0.05, 0) is 54.8 Å². The molecule has 6 heteroatoms. The molecule has 1 fully saturated rings. The van der Waals surface area contributed by atoms with Gasteiger partial charge in [0.25, 0.3) is 0 Å². The summed E-state index contributed by atoms with van der Waals surface area (Å²) in [6.45, 7) is 2.47. The van der Waals surface area contributed by atoms with Crippen molar-refractivity contribution in [3.05, 3.63) is 84.3 Å². The third-order valence-electron chi connectivity index (χ3n) is 5.58. The molecule has 0 spiro atoms. The van der Waals surface area contributed by atoms with Crippen molar-refractivity contribution in [2.24, 2.45) is 4.99 Å². The number of nitrogens with zero attached hydrogens (tertiary/aromatic N) is 3. The van der Waals surface area contributed by atoms with Crippen LogP contribution < -0.4 is 15.5 Å². The molecule has 5 nitrogen and oxygen atoms in total. The molecule has 1 aliphatic heterocycles. The van der Waals surface area contributed by atoms with Crippen LogP contribution in [0.5, 0.6) is 0 Å². The summed E-state index contributed by atoms with van der Waals surface area (Å²) in [5, 5.41) is 6.95. The van der Waals surface area contributed by atoms with Crippen LogP contribution in [0.15, 0.2) is 77.9 Å². The number of anilines is 1. The van der Waals surface area contributed by atoms with Gasteiger partial charge >= 0.3 is 0 Å². The average molecular weight is 418 g/mol. The number of pyridine rings is 1. The molecule has 31 heavy (non-hydrogen) atoms. The van der Waals surface area contributed by atoms with Crippen LogP contribution in [0.3, 0.4) is 0 Å². The fourth-order valence-corrected chi connectivity index (χ4v) is 3.90. The van der Waals surface area contributed by atoms with Crippen molar-refractivity contribution in [3.8, 4) is 11.3 Å². The number of guanidine groups is 1. The van der Waals surface area contributed by atoms with Gasteiger partial charge in [-0.1, -0.05) is 30.3 Å². The van der Waals surface area contributed by atoms with Gasteiger partial charge in [-0.25, -0.2) is 4.39 Å². The second-order valence-electron chi connectivity index (χ2n) is 7.73. The van der Waals surface area contributed by atoms with Gasteiger partial charge in [0, 0.05) is 50.2 Å². The Bertz CT molecular complexity index is 1010. The molecule has 2 heterocycles. The third-order valence-corrected chi connectivity index (χ3v) is 5.58. The number of halogens is 1. The van der Waals surface area contributed by atoms with E-state index in [1.807, 2.05) is 30.5 Å². The van der Waals surface area contributed by atoms with Crippen LogP contribution in [0.4, 0.5) is 10.1 Å². The number of rotatable bonds is 5. The van der Waals surface area contributed by atoms with Crippen LogP contribution in [-0.4, -0.2) is 37.1 Å². The van der Waals surface area contributed by atoms with E-state index in [-0.39, 0.29) is 5.82 Å². The van der Waals surface area contributed by atoms with Gasteiger partial charge in [0.1, 0.15) is 5.82 Å². The predicted octanol–water partition coefficient (Wildman–Crippen LogP) is 4.22. The first-order valence-electron chi connectivity index (χ1n) is 10.7. The number of piperidine rings is 1. The zero-order valence-electron chi connectivity index (χ0n) is 17.8. The van der Waals surface area contributed by atoms with Crippen LogP contribution in [0.1, 0.15) is 18.4 Å². The van der Waals surface area contributed by atoms with Gasteiger partial charge in [0.2, 0.25) is 0 Å². The van der Waals surface area contributed by atoms with Crippen LogP contribution in [0.25, 0.3) is 11.3 Å². The topological polar surface area (TPSA) is 52.6 Å². The van der Waals surface area contributed by atoms with Crippen LogP contribution in [0, 0.1) is 5.82 Å². The molecule has 3 aromatic rings. The van der Waals surface area contributed by atoms with Crippen molar-refractivity contribution in [1.29, 1.82) is 0 Å². The molecule has 4 rings (SSSR count). The molecular weight excluding hydrogens is 389 g/mol. The van der Waals surface area contributed by atoms with Gasteiger partial charge in [-0.15, -0.1) is 0 Å². The van der Waals surface area contributed by atoms with E-state index in [4.69, 9.17) is 0 Å². The SMILES string of the molecule is CN=C(NCc1cccc(-c2ccccn2)c1)NC1CCN(c2cccc(F)c2)CC1. The third kappa shape index (κ3) is 5.60. The lowest BCUT2D eigenvalue weighted by molar-refractivity contribution is 0.461. The highest BCUT2D eigenvalue weighted by atomic mass is 19.1. The largest absolute Gasteiger partial charge is 0.371 e. The van der Waals surface area contributed by atoms with Gasteiger partial charge in [-0.2, -0.15) is 0 Å². The minimum Gasteiger partial charge on any atom is -0.371 e. The molecule has 2 N–H and O–H groups in total. The fraction of sp³-hybridized carbons (Fsp3) is 0.280. The number of hydrogen-bond donors (Lipinski definition) is 2. The smallest absolute Gasteiger partial charge is 0.191 e. The first kappa shape index (κ1) is 20.8. The number of benzene rings is 2. The van der Waals surface area contributed by atoms with Crippen molar-refractivity contribution in [2.45, 2.75) is 25.4 Å². The molecule has 160 valence electrons. The maximum Gasteiger partial charge on any atom is 0.191 e. The molecule has 1 saturated heterocycles. The highest BCUT2D eigenvalue weighted by Gasteiger charge is 2.20. The molecule has 0 aliphatic carbocycles. The normalized spacial score (nSPS) is 15.0. The van der Waals surface area contributed by atoms with E-state index in [1.165, 1.54) is 11.6 Å². The lowest BCUT2D eigenvalue weighted by Crippen LogP contribution is -2.48. The van der Waals surface area contributed by atoms with Crippen molar-refractivity contribution in [1.82, 2.24) is 15.6 Å². The molecule has 0 radical (unpaired) electrons. The zero-order chi connectivity index (χ0) is 21.5. The molecular formula is C25H28FN5. The van der Waals surface area contributed by atoms with Crippen molar-refractivity contribution >= 4 is 11.6 Å². The Morgan fingerprint density at radius 3 is 2.65 bits per heavy atom. The number of hydrogen-bond acceptors (Lipinski definition) is 3. The Labute approximate surface area is 183 Å².